The van der Waals surface area contributed by atoms with Crippen LogP contribution in [0.3, 0.4) is 0 Å². The number of rotatable bonds is 8. The summed E-state index contributed by atoms with van der Waals surface area (Å²) >= 11 is 0. The molecule has 3 aromatic rings. The Morgan fingerprint density at radius 1 is 1.32 bits per heavy atom. The second kappa shape index (κ2) is 10.7. The highest BCUT2D eigenvalue weighted by molar-refractivity contribution is 7.43. The van der Waals surface area contributed by atoms with E-state index in [9.17, 15) is 44.3 Å². The van der Waals surface area contributed by atoms with Crippen LogP contribution >= 0.6 is 7.82 Å². The second-order valence-electron chi connectivity index (χ2n) is 8.72. The summed E-state index contributed by atoms with van der Waals surface area (Å²) in [6.45, 7) is 0.335. The minimum atomic E-state index is -5.40. The van der Waals surface area contributed by atoms with Crippen LogP contribution in [0, 0.1) is 10.1 Å². The van der Waals surface area contributed by atoms with Crippen LogP contribution in [0.1, 0.15) is 24.8 Å². The summed E-state index contributed by atoms with van der Waals surface area (Å²) in [6, 6.07) is 2.44. The molecule has 1 fully saturated rings. The zero-order valence-electron chi connectivity index (χ0n) is 20.6. The first-order valence-corrected chi connectivity index (χ1v) is 13.0. The van der Waals surface area contributed by atoms with E-state index in [1.54, 1.807) is 0 Å². The Kier molecular flexibility index (Phi) is 7.38. The molecule has 2 aliphatic heterocycles. The molecular weight excluding hydrogens is 579 g/mol. The number of benzene rings is 1. The number of amides is 1. The number of anilines is 1. The van der Waals surface area contributed by atoms with Crippen molar-refractivity contribution in [3.63, 3.8) is 0 Å². The first kappa shape index (κ1) is 28.4. The summed E-state index contributed by atoms with van der Waals surface area (Å²) in [5.74, 6) is -0.0768. The lowest BCUT2D eigenvalue weighted by Crippen LogP contribution is -2.34. The van der Waals surface area contributed by atoms with Crippen molar-refractivity contribution in [2.24, 2.45) is 0 Å². The van der Waals surface area contributed by atoms with E-state index in [-0.39, 0.29) is 40.7 Å². The van der Waals surface area contributed by atoms with Gasteiger partial charge in [-0.15, -0.1) is 0 Å². The number of nitrogens with zero attached hydrogens (tertiary/aromatic N) is 4. The topological polar surface area (TPSA) is 286 Å². The van der Waals surface area contributed by atoms with Crippen molar-refractivity contribution in [2.75, 3.05) is 18.7 Å². The van der Waals surface area contributed by atoms with Gasteiger partial charge in [0.2, 0.25) is 12.7 Å². The highest BCUT2D eigenvalue weighted by Crippen LogP contribution is 2.41. The van der Waals surface area contributed by atoms with Crippen LogP contribution in [0.15, 0.2) is 23.3 Å². The number of ether oxygens (including phenoxy) is 4. The van der Waals surface area contributed by atoms with Crippen molar-refractivity contribution in [2.45, 2.75) is 37.6 Å². The van der Waals surface area contributed by atoms with Gasteiger partial charge in [0.25, 0.3) is 11.2 Å². The minimum Gasteiger partial charge on any atom is -0.790 e. The molecule has 20 nitrogen and oxygen atoms in total. The first-order valence-electron chi connectivity index (χ1n) is 11.5. The number of phosphoric ester groups is 1. The van der Waals surface area contributed by atoms with E-state index in [1.165, 1.54) is 13.0 Å². The smallest absolute Gasteiger partial charge is 0.414 e. The molecule has 4 heterocycles. The maximum atomic E-state index is 12.6. The molecule has 220 valence electrons. The summed E-state index contributed by atoms with van der Waals surface area (Å²) in [5, 5.41) is 34.3. The molecule has 1 amide bonds. The van der Waals surface area contributed by atoms with Crippen LogP contribution in [-0.2, 0) is 18.6 Å². The van der Waals surface area contributed by atoms with E-state index >= 15 is 0 Å². The SMILES string of the molecule is CC(OC(=O)Nc1nc2c(ncn2[C@@H]2O[C@H](COP(=O)([O-])[O-])C(O)C2O)c(=O)[nH]1)c1cc2c(cc1[N+](=O)[O-])OCO2. The number of H-pyrrole nitrogens is 1. The van der Waals surface area contributed by atoms with Gasteiger partial charge in [-0.3, -0.25) is 29.8 Å². The second-order valence-corrected chi connectivity index (χ2v) is 9.87. The molecule has 0 bridgehead atoms. The van der Waals surface area contributed by atoms with E-state index in [2.05, 4.69) is 24.8 Å². The molecular formula is C20H19N6O14P-2. The van der Waals surface area contributed by atoms with Gasteiger partial charge < -0.3 is 48.0 Å². The number of aliphatic hydroxyl groups is 2. The van der Waals surface area contributed by atoms with Gasteiger partial charge in [-0.2, -0.15) is 4.98 Å². The summed E-state index contributed by atoms with van der Waals surface area (Å²) < 4.78 is 36.9. The van der Waals surface area contributed by atoms with Gasteiger partial charge in [-0.25, -0.2) is 9.78 Å². The number of hydrogen-bond donors (Lipinski definition) is 4. The number of carbonyl (C=O) groups is 1. The number of aliphatic hydroxyl groups excluding tert-OH is 2. The van der Waals surface area contributed by atoms with E-state index < -0.39 is 67.6 Å². The van der Waals surface area contributed by atoms with Gasteiger partial charge in [0.1, 0.15) is 24.4 Å². The third kappa shape index (κ3) is 5.70. The van der Waals surface area contributed by atoms with Gasteiger partial charge in [-0.05, 0) is 13.0 Å². The van der Waals surface area contributed by atoms with Crippen molar-refractivity contribution >= 4 is 36.7 Å². The molecule has 4 N–H and O–H groups in total. The third-order valence-corrected chi connectivity index (χ3v) is 6.57. The monoisotopic (exact) mass is 598 g/mol. The lowest BCUT2D eigenvalue weighted by atomic mass is 10.1. The van der Waals surface area contributed by atoms with E-state index in [0.29, 0.717) is 0 Å². The van der Waals surface area contributed by atoms with Crippen LogP contribution < -0.4 is 30.1 Å². The molecule has 3 unspecified atom stereocenters. The summed E-state index contributed by atoms with van der Waals surface area (Å²) in [4.78, 5) is 67.7. The van der Waals surface area contributed by atoms with Crippen molar-refractivity contribution < 1.29 is 57.8 Å². The van der Waals surface area contributed by atoms with Crippen LogP contribution in [-0.4, -0.2) is 72.5 Å². The van der Waals surface area contributed by atoms with Gasteiger partial charge in [0.05, 0.1) is 37.3 Å². The molecule has 41 heavy (non-hydrogen) atoms. The number of aromatic nitrogens is 4. The first-order chi connectivity index (χ1) is 19.3. The van der Waals surface area contributed by atoms with Crippen LogP contribution in [0.25, 0.3) is 11.2 Å². The van der Waals surface area contributed by atoms with Gasteiger partial charge >= 0.3 is 6.09 Å². The average molecular weight is 598 g/mol. The lowest BCUT2D eigenvalue weighted by Gasteiger charge is -2.30. The Morgan fingerprint density at radius 2 is 2.02 bits per heavy atom. The zero-order valence-corrected chi connectivity index (χ0v) is 21.5. The number of nitro groups is 1. The number of fused-ring (bicyclic) bond motifs is 2. The minimum absolute atomic E-state index is 0.000782. The zero-order chi connectivity index (χ0) is 29.6. The maximum absolute atomic E-state index is 12.6. The van der Waals surface area contributed by atoms with Gasteiger partial charge in [-0.1, -0.05) is 0 Å². The molecule has 1 saturated heterocycles. The summed E-state index contributed by atoms with van der Waals surface area (Å²) in [7, 11) is -5.40. The molecule has 0 saturated carbocycles. The number of imidazole rings is 1. The van der Waals surface area contributed by atoms with Crippen LogP contribution in [0.5, 0.6) is 11.5 Å². The molecule has 21 heteroatoms. The number of hydrogen-bond acceptors (Lipinski definition) is 16. The molecule has 1 aromatic carbocycles. The van der Waals surface area contributed by atoms with E-state index in [0.717, 1.165) is 17.0 Å². The highest BCUT2D eigenvalue weighted by atomic mass is 31.2. The standard InChI is InChI=1S/C20H21N6O14P/c1-7(8-2-10-11(37-6-36-10)3-9(8)26(31)32)39-20(30)24-19-22-16-13(17(29)23-19)21-5-25(16)18-15(28)14(27)12(40-18)4-38-41(33,34)35/h2-3,5,7,12,14-15,18,27-28H,4,6H2,1H3,(H2,33,34,35)(H2,22,23,24,29,30)/p-2/t7?,12-,14?,15?,18-/m1/s1. The van der Waals surface area contributed by atoms with Crippen molar-refractivity contribution in [3.05, 3.63) is 44.5 Å². The van der Waals surface area contributed by atoms with Crippen LogP contribution in [0.2, 0.25) is 0 Å². The lowest BCUT2D eigenvalue weighted by molar-refractivity contribution is -0.386. The number of phosphoric acid groups is 1. The Balaban J connectivity index is 1.34. The number of carbonyl (C=O) groups excluding carboxylic acids is 1. The highest BCUT2D eigenvalue weighted by Gasteiger charge is 2.44. The van der Waals surface area contributed by atoms with Gasteiger partial charge in [0, 0.05) is 0 Å². The van der Waals surface area contributed by atoms with Gasteiger partial charge in [0.15, 0.2) is 28.9 Å². The molecule has 2 aromatic heterocycles. The molecule has 0 radical (unpaired) electrons. The Labute approximate surface area is 226 Å². The molecule has 5 atom stereocenters. The fraction of sp³-hybridized carbons (Fsp3) is 0.400. The maximum Gasteiger partial charge on any atom is 0.414 e. The summed E-state index contributed by atoms with van der Waals surface area (Å²) in [5.41, 5.74) is -1.73. The van der Waals surface area contributed by atoms with Crippen LogP contribution in [0.4, 0.5) is 16.4 Å². The van der Waals surface area contributed by atoms with E-state index in [4.69, 9.17) is 18.9 Å². The molecule has 5 rings (SSSR count). The fourth-order valence-electron chi connectivity index (χ4n) is 4.21. The van der Waals surface area contributed by atoms with Crippen molar-refractivity contribution in [1.82, 2.24) is 19.5 Å². The Morgan fingerprint density at radius 3 is 2.71 bits per heavy atom. The third-order valence-electron chi connectivity index (χ3n) is 6.10. The summed E-state index contributed by atoms with van der Waals surface area (Å²) in [6.07, 6.45) is -7.59. The molecule has 2 aliphatic rings. The Bertz CT molecular complexity index is 1620. The van der Waals surface area contributed by atoms with Crippen molar-refractivity contribution in [3.8, 4) is 11.5 Å². The predicted molar refractivity (Wildman–Crippen MR) is 125 cm³/mol. The number of nitrogens with one attached hydrogen (secondary N) is 2. The predicted octanol–water partition coefficient (Wildman–Crippen LogP) is -1.47. The molecule has 0 aliphatic carbocycles. The number of aromatic amines is 1. The number of nitro benzene ring substituents is 1. The fourth-order valence-corrected chi connectivity index (χ4v) is 4.54. The van der Waals surface area contributed by atoms with Crippen molar-refractivity contribution in [1.29, 1.82) is 0 Å². The molecule has 0 spiro atoms. The quantitative estimate of drug-likeness (QED) is 0.131. The average Bonchev–Trinajstić information content (AvgIpc) is 3.59. The van der Waals surface area contributed by atoms with E-state index in [1.807, 2.05) is 0 Å². The Hall–Kier alpha value is -4.17. The largest absolute Gasteiger partial charge is 0.790 e. The normalized spacial score (nSPS) is 22.6.